The number of pyridine rings is 1. The lowest BCUT2D eigenvalue weighted by atomic mass is 10.2. The Kier molecular flexibility index (Phi) is 3.62. The number of fused-ring (bicyclic) bond motifs is 1. The average Bonchev–Trinajstić information content (AvgIpc) is 2.81. The molecule has 0 N–H and O–H groups in total. The number of benzene rings is 1. The van der Waals surface area contributed by atoms with E-state index in [-0.39, 0.29) is 12.1 Å². The van der Waals surface area contributed by atoms with Gasteiger partial charge in [-0.1, -0.05) is 17.7 Å². The molecule has 3 rings (SSSR count). The van der Waals surface area contributed by atoms with Gasteiger partial charge in [0.25, 0.3) is 0 Å². The number of hydrogen-bond donors (Lipinski definition) is 0. The number of thioether (sulfide) groups is 1. The lowest BCUT2D eigenvalue weighted by Crippen LogP contribution is -2.09. The monoisotopic (exact) mass is 293 g/mol. The van der Waals surface area contributed by atoms with E-state index in [0.29, 0.717) is 11.4 Å². The molecule has 3 nitrogen and oxygen atoms in total. The number of cyclic esters (lactones) is 1. The van der Waals surface area contributed by atoms with Crippen LogP contribution in [0.2, 0.25) is 5.02 Å². The minimum absolute atomic E-state index is 0.0352. The molecular formula is C14H12ClNO2S. The molecule has 0 radical (unpaired) electrons. The molecule has 1 fully saturated rings. The summed E-state index contributed by atoms with van der Waals surface area (Å²) < 4.78 is 5.22. The van der Waals surface area contributed by atoms with E-state index in [1.165, 1.54) is 0 Å². The van der Waals surface area contributed by atoms with Crippen molar-refractivity contribution in [3.8, 4) is 0 Å². The van der Waals surface area contributed by atoms with E-state index in [1.54, 1.807) is 18.0 Å². The Morgan fingerprint density at radius 1 is 1.42 bits per heavy atom. The molecule has 19 heavy (non-hydrogen) atoms. The summed E-state index contributed by atoms with van der Waals surface area (Å²) in [6.07, 6.45) is 3.17. The van der Waals surface area contributed by atoms with Crippen LogP contribution in [0, 0.1) is 0 Å². The SMILES string of the molecule is O=C1CCC(CSc2ccnc3cc(Cl)ccc23)O1. The minimum atomic E-state index is -0.0861. The summed E-state index contributed by atoms with van der Waals surface area (Å²) in [6, 6.07) is 7.69. The molecule has 0 aliphatic carbocycles. The van der Waals surface area contributed by atoms with Gasteiger partial charge >= 0.3 is 5.97 Å². The molecule has 98 valence electrons. The van der Waals surface area contributed by atoms with Crippen molar-refractivity contribution in [1.29, 1.82) is 0 Å². The van der Waals surface area contributed by atoms with Crippen molar-refractivity contribution in [1.82, 2.24) is 4.98 Å². The first-order chi connectivity index (χ1) is 9.22. The summed E-state index contributed by atoms with van der Waals surface area (Å²) >= 11 is 7.66. The second-order valence-electron chi connectivity index (χ2n) is 4.43. The van der Waals surface area contributed by atoms with Gasteiger partial charge in [-0.05, 0) is 24.6 Å². The Hall–Kier alpha value is -1.26. The highest BCUT2D eigenvalue weighted by atomic mass is 35.5. The standard InChI is InChI=1S/C14H12ClNO2S/c15-9-1-3-11-12(7-9)16-6-5-13(11)19-8-10-2-4-14(17)18-10/h1,3,5-7,10H,2,4,8H2. The first kappa shape index (κ1) is 12.8. The van der Waals surface area contributed by atoms with Crippen LogP contribution in [0.1, 0.15) is 12.8 Å². The van der Waals surface area contributed by atoms with Crippen LogP contribution in [0.4, 0.5) is 0 Å². The summed E-state index contributed by atoms with van der Waals surface area (Å²) in [7, 11) is 0. The Morgan fingerprint density at radius 3 is 3.11 bits per heavy atom. The highest BCUT2D eigenvalue weighted by Crippen LogP contribution is 2.30. The fourth-order valence-electron chi connectivity index (χ4n) is 2.10. The topological polar surface area (TPSA) is 39.2 Å². The second-order valence-corrected chi connectivity index (χ2v) is 5.93. The van der Waals surface area contributed by atoms with Crippen molar-refractivity contribution in [2.24, 2.45) is 0 Å². The van der Waals surface area contributed by atoms with Gasteiger partial charge in [0.2, 0.25) is 0 Å². The van der Waals surface area contributed by atoms with Gasteiger partial charge < -0.3 is 4.74 Å². The van der Waals surface area contributed by atoms with Crippen LogP contribution in [-0.2, 0) is 9.53 Å². The zero-order valence-corrected chi connectivity index (χ0v) is 11.7. The predicted molar refractivity (Wildman–Crippen MR) is 76.6 cm³/mol. The zero-order chi connectivity index (χ0) is 13.2. The predicted octanol–water partition coefficient (Wildman–Crippen LogP) is 3.69. The lowest BCUT2D eigenvalue weighted by molar-refractivity contribution is -0.140. The number of halogens is 1. The molecule has 1 saturated heterocycles. The molecule has 0 saturated carbocycles. The van der Waals surface area contributed by atoms with Gasteiger partial charge in [-0.15, -0.1) is 11.8 Å². The minimum Gasteiger partial charge on any atom is -0.461 e. The number of rotatable bonds is 3. The highest BCUT2D eigenvalue weighted by Gasteiger charge is 2.23. The zero-order valence-electron chi connectivity index (χ0n) is 10.1. The van der Waals surface area contributed by atoms with Crippen molar-refractivity contribution in [3.05, 3.63) is 35.5 Å². The molecule has 2 aromatic rings. The molecule has 1 unspecified atom stereocenters. The molecule has 1 aromatic heterocycles. The van der Waals surface area contributed by atoms with Gasteiger partial charge in [0, 0.05) is 33.7 Å². The molecule has 0 amide bonds. The number of carbonyl (C=O) groups excluding carboxylic acids is 1. The van der Waals surface area contributed by atoms with Crippen molar-refractivity contribution < 1.29 is 9.53 Å². The highest BCUT2D eigenvalue weighted by molar-refractivity contribution is 7.99. The fraction of sp³-hybridized carbons (Fsp3) is 0.286. The molecule has 0 spiro atoms. The van der Waals surface area contributed by atoms with Gasteiger partial charge in [-0.3, -0.25) is 9.78 Å². The van der Waals surface area contributed by atoms with Crippen LogP contribution in [0.15, 0.2) is 35.4 Å². The Bertz CT molecular complexity index is 632. The Morgan fingerprint density at radius 2 is 2.32 bits per heavy atom. The van der Waals surface area contributed by atoms with Crippen LogP contribution in [0.5, 0.6) is 0 Å². The maximum absolute atomic E-state index is 11.1. The quantitative estimate of drug-likeness (QED) is 0.639. The second kappa shape index (κ2) is 5.39. The van der Waals surface area contributed by atoms with E-state index < -0.39 is 0 Å². The van der Waals surface area contributed by atoms with Crippen LogP contribution >= 0.6 is 23.4 Å². The first-order valence-corrected chi connectivity index (χ1v) is 7.45. The maximum Gasteiger partial charge on any atom is 0.306 e. The van der Waals surface area contributed by atoms with E-state index >= 15 is 0 Å². The lowest BCUT2D eigenvalue weighted by Gasteiger charge is -2.10. The maximum atomic E-state index is 11.1. The molecule has 1 aliphatic heterocycles. The van der Waals surface area contributed by atoms with Crippen molar-refractivity contribution >= 4 is 40.2 Å². The summed E-state index contributed by atoms with van der Waals surface area (Å²) in [6.45, 7) is 0. The number of carbonyl (C=O) groups is 1. The summed E-state index contributed by atoms with van der Waals surface area (Å²) in [5.41, 5.74) is 0.890. The molecule has 1 atom stereocenters. The average molecular weight is 294 g/mol. The van der Waals surface area contributed by atoms with Gasteiger partial charge in [0.1, 0.15) is 6.10 Å². The van der Waals surface area contributed by atoms with Crippen LogP contribution < -0.4 is 0 Å². The number of esters is 1. The third kappa shape index (κ3) is 2.85. The number of ether oxygens (including phenoxy) is 1. The third-order valence-electron chi connectivity index (χ3n) is 3.06. The molecule has 2 heterocycles. The van der Waals surface area contributed by atoms with E-state index in [1.807, 2.05) is 24.3 Å². The van der Waals surface area contributed by atoms with E-state index in [9.17, 15) is 4.79 Å². The van der Waals surface area contributed by atoms with Gasteiger partial charge in [0.15, 0.2) is 0 Å². The summed E-state index contributed by atoms with van der Waals surface area (Å²) in [5.74, 6) is 0.699. The smallest absolute Gasteiger partial charge is 0.306 e. The first-order valence-electron chi connectivity index (χ1n) is 6.09. The van der Waals surface area contributed by atoms with Crippen molar-refractivity contribution in [2.45, 2.75) is 23.8 Å². The van der Waals surface area contributed by atoms with Crippen LogP contribution in [0.3, 0.4) is 0 Å². The molecule has 0 bridgehead atoms. The summed E-state index contributed by atoms with van der Waals surface area (Å²) in [4.78, 5) is 16.5. The number of nitrogens with zero attached hydrogens (tertiary/aromatic N) is 1. The van der Waals surface area contributed by atoms with Gasteiger partial charge in [-0.25, -0.2) is 0 Å². The number of aromatic nitrogens is 1. The largest absolute Gasteiger partial charge is 0.461 e. The summed E-state index contributed by atoms with van der Waals surface area (Å²) in [5, 5.41) is 1.77. The fourth-order valence-corrected chi connectivity index (χ4v) is 3.36. The number of hydrogen-bond acceptors (Lipinski definition) is 4. The Labute approximate surface area is 120 Å². The van der Waals surface area contributed by atoms with Gasteiger partial charge in [-0.2, -0.15) is 0 Å². The van der Waals surface area contributed by atoms with Crippen LogP contribution in [0.25, 0.3) is 10.9 Å². The van der Waals surface area contributed by atoms with Crippen molar-refractivity contribution in [2.75, 3.05) is 5.75 Å². The molecular weight excluding hydrogens is 282 g/mol. The van der Waals surface area contributed by atoms with Crippen molar-refractivity contribution in [3.63, 3.8) is 0 Å². The van der Waals surface area contributed by atoms with E-state index in [2.05, 4.69) is 4.98 Å². The normalized spacial score (nSPS) is 18.8. The Balaban J connectivity index is 1.79. The van der Waals surface area contributed by atoms with E-state index in [0.717, 1.165) is 28.0 Å². The van der Waals surface area contributed by atoms with E-state index in [4.69, 9.17) is 16.3 Å². The molecule has 1 aliphatic rings. The molecule has 5 heteroatoms. The third-order valence-corrected chi connectivity index (χ3v) is 4.50. The molecule has 1 aromatic carbocycles. The van der Waals surface area contributed by atoms with Gasteiger partial charge in [0.05, 0.1) is 5.52 Å². The van der Waals surface area contributed by atoms with Crippen LogP contribution in [-0.4, -0.2) is 22.8 Å².